The summed E-state index contributed by atoms with van der Waals surface area (Å²) in [5, 5.41) is 16.8. The van der Waals surface area contributed by atoms with Crippen molar-refractivity contribution >= 4 is 53.7 Å². The van der Waals surface area contributed by atoms with Gasteiger partial charge in [0.1, 0.15) is 92.2 Å². The first kappa shape index (κ1) is 72.5. The fourth-order valence-electron chi connectivity index (χ4n) is 11.4. The molecule has 0 aliphatic carbocycles. The number of nitrogens with zero attached hydrogens (tertiary/aromatic N) is 6. The minimum atomic E-state index is -1.46. The smallest absolute Gasteiger partial charge is 0.338 e. The molecule has 6 heterocycles. The van der Waals surface area contributed by atoms with Gasteiger partial charge in [-0.25, -0.2) is 14.3 Å². The van der Waals surface area contributed by atoms with Crippen LogP contribution in [0.3, 0.4) is 0 Å². The zero-order chi connectivity index (χ0) is 68.8. The lowest BCUT2D eigenvalue weighted by Gasteiger charge is -2.50. The Morgan fingerprint density at radius 2 is 0.737 bits per heavy atom. The highest BCUT2D eigenvalue weighted by Gasteiger charge is 2.57. The molecule has 4 aliphatic heterocycles. The standard InChI is InChI=1S/C63H80N6O26/c1-31-50(84-38(8)73)56(94-63-34(4)52(86-40(10)75)57(49(91-63)30-81-37(7)72)95-62-33(3)51(85-39(9)74)55(87-41(11)76)47(90-62)28-79-35(5)70)48(29-80-36(6)71)89-61(31)83-27-45-24-69(67-65-45)25-46-54(93-59(78)43-21-17-14-18-22-43)53(92-58(77)42-19-15-13-16-20-42)32(2)60(88-46)82-26-44-23-68(12)66-64-44/h13-24,31-34,46-57,60-63H,25-30H2,1-12H3/t31-,32+,33-,34-,46-,47-,48-,49-,50-,51-,52-,53-,54-,55-,56-,57-,60+,61-,62-,63-/m1/s1. The summed E-state index contributed by atoms with van der Waals surface area (Å²) in [4.78, 5) is 116. The lowest BCUT2D eigenvalue weighted by molar-refractivity contribution is -0.367. The van der Waals surface area contributed by atoms with Crippen molar-refractivity contribution in [2.75, 3.05) is 19.8 Å². The topological polar surface area (TPSA) is 372 Å². The van der Waals surface area contributed by atoms with E-state index in [1.807, 2.05) is 0 Å². The summed E-state index contributed by atoms with van der Waals surface area (Å²) < 4.78 is 107. The van der Waals surface area contributed by atoms with Crippen LogP contribution in [-0.4, -0.2) is 202 Å². The van der Waals surface area contributed by atoms with Gasteiger partial charge in [0, 0.05) is 79.2 Å². The fraction of sp³-hybridized carbons (Fsp3) is 0.603. The van der Waals surface area contributed by atoms with Crippen molar-refractivity contribution in [1.29, 1.82) is 0 Å². The van der Waals surface area contributed by atoms with Crippen LogP contribution in [-0.2, 0) is 141 Å². The second-order valence-corrected chi connectivity index (χ2v) is 23.4. The van der Waals surface area contributed by atoms with Crippen molar-refractivity contribution in [3.8, 4) is 0 Å². The Balaban J connectivity index is 1.04. The molecule has 0 amide bonds. The zero-order valence-electron chi connectivity index (χ0n) is 54.5. The van der Waals surface area contributed by atoms with Gasteiger partial charge in [0.05, 0.1) is 43.3 Å². The van der Waals surface area contributed by atoms with Gasteiger partial charge in [-0.3, -0.25) is 38.2 Å². The van der Waals surface area contributed by atoms with Crippen LogP contribution in [0.2, 0.25) is 0 Å². The molecule has 95 heavy (non-hydrogen) atoms. The molecule has 0 spiro atoms. The average Bonchev–Trinajstić information content (AvgIpc) is 1.49. The highest BCUT2D eigenvalue weighted by atomic mass is 16.8. The summed E-state index contributed by atoms with van der Waals surface area (Å²) in [6.07, 6.45) is -17.4. The Morgan fingerprint density at radius 3 is 1.15 bits per heavy atom. The van der Waals surface area contributed by atoms with Crippen LogP contribution >= 0.6 is 0 Å². The predicted octanol–water partition coefficient (Wildman–Crippen LogP) is 3.22. The predicted molar refractivity (Wildman–Crippen MR) is 315 cm³/mol. The molecule has 32 nitrogen and oxygen atoms in total. The van der Waals surface area contributed by atoms with E-state index in [0.29, 0.717) is 5.69 Å². The summed E-state index contributed by atoms with van der Waals surface area (Å²) in [6, 6.07) is 16.5. The first-order valence-electron chi connectivity index (χ1n) is 30.7. The molecule has 0 N–H and O–H groups in total. The van der Waals surface area contributed by atoms with Gasteiger partial charge in [0.2, 0.25) is 0 Å². The molecule has 0 bridgehead atoms. The Morgan fingerprint density at radius 1 is 0.400 bits per heavy atom. The van der Waals surface area contributed by atoms with Gasteiger partial charge in [-0.05, 0) is 24.3 Å². The van der Waals surface area contributed by atoms with Crippen molar-refractivity contribution in [1.82, 2.24) is 30.0 Å². The van der Waals surface area contributed by atoms with Gasteiger partial charge in [-0.2, -0.15) is 0 Å². The quantitative estimate of drug-likeness (QED) is 0.0643. The van der Waals surface area contributed by atoms with E-state index < -0.39 is 196 Å². The number of aromatic nitrogens is 6. The summed E-state index contributed by atoms with van der Waals surface area (Å²) in [7, 11) is 1.70. The van der Waals surface area contributed by atoms with E-state index in [4.69, 9.17) is 80.5 Å². The normalized spacial score (nSPS) is 30.5. The molecular weight excluding hydrogens is 1260 g/mol. The van der Waals surface area contributed by atoms with Crippen molar-refractivity contribution in [2.24, 2.45) is 30.7 Å². The number of hydrogen-bond acceptors (Lipinski definition) is 30. The number of ether oxygens (including phenoxy) is 17. The molecule has 518 valence electrons. The third-order valence-corrected chi connectivity index (χ3v) is 15.8. The van der Waals surface area contributed by atoms with E-state index in [2.05, 4.69) is 20.6 Å². The maximum absolute atomic E-state index is 13.9. The van der Waals surface area contributed by atoms with E-state index in [0.717, 1.165) is 41.5 Å². The first-order chi connectivity index (χ1) is 45.2. The van der Waals surface area contributed by atoms with Crippen molar-refractivity contribution < 1.29 is 124 Å². The third-order valence-electron chi connectivity index (χ3n) is 15.8. The van der Waals surface area contributed by atoms with Crippen LogP contribution in [0.1, 0.15) is 108 Å². The van der Waals surface area contributed by atoms with Crippen molar-refractivity contribution in [3.05, 3.63) is 95.6 Å². The summed E-state index contributed by atoms with van der Waals surface area (Å²) in [6.45, 7) is 12.5. The van der Waals surface area contributed by atoms with Gasteiger partial charge >= 0.3 is 53.7 Å². The molecule has 2 aromatic heterocycles. The van der Waals surface area contributed by atoms with E-state index >= 15 is 0 Å². The largest absolute Gasteiger partial charge is 0.463 e. The van der Waals surface area contributed by atoms with Gasteiger partial charge in [0.15, 0.2) is 37.4 Å². The van der Waals surface area contributed by atoms with E-state index in [1.165, 1.54) is 22.5 Å². The van der Waals surface area contributed by atoms with Gasteiger partial charge in [0.25, 0.3) is 0 Å². The van der Waals surface area contributed by atoms with Gasteiger partial charge in [-0.15, -0.1) is 10.2 Å². The monoisotopic (exact) mass is 1340 g/mol. The molecule has 20 atom stereocenters. The molecule has 32 heteroatoms. The molecule has 8 rings (SSSR count). The van der Waals surface area contributed by atoms with Crippen LogP contribution in [0.5, 0.6) is 0 Å². The molecule has 4 aliphatic rings. The third kappa shape index (κ3) is 19.6. The molecule has 0 saturated carbocycles. The SMILES string of the molecule is CC(=O)OC[C@H]1O[C@H](O[C@H]2[C@H](OC(C)=O)[C@@H](C)[C@@H](O[C@H]3[C@H](OC(C)=O)[C@@H](C)[C@H](OCc4cn(C[C@H]5O[C@H](OCc6cn(C)nn6)[C@@H](C)[C@@H](OC(=O)c6ccccc6)[C@@H]5OC(=O)c5ccccc5)nn4)O[C@@H]3COC(C)=O)O[C@@H]2COC(C)=O)[C@H](C)[C@@H](OC(C)=O)[C@@H]1OC(C)=O. The molecule has 2 aromatic carbocycles. The fourth-order valence-corrected chi connectivity index (χ4v) is 11.4. The molecule has 4 fully saturated rings. The minimum Gasteiger partial charge on any atom is -0.463 e. The number of carbonyl (C=O) groups excluding carboxylic acids is 9. The van der Waals surface area contributed by atoms with Crippen LogP contribution in [0.25, 0.3) is 0 Å². The second-order valence-electron chi connectivity index (χ2n) is 23.4. The van der Waals surface area contributed by atoms with Gasteiger partial charge in [-0.1, -0.05) is 74.5 Å². The Labute approximate surface area is 546 Å². The highest BCUT2D eigenvalue weighted by molar-refractivity contribution is 5.90. The zero-order valence-corrected chi connectivity index (χ0v) is 54.5. The van der Waals surface area contributed by atoms with Gasteiger partial charge < -0.3 is 80.5 Å². The highest BCUT2D eigenvalue weighted by Crippen LogP contribution is 2.41. The molecule has 0 radical (unpaired) electrons. The number of aryl methyl sites for hydroxylation is 1. The summed E-state index contributed by atoms with van der Waals surface area (Å²) in [5.74, 6) is -10.3. The second kappa shape index (κ2) is 33.3. The Kier molecular flexibility index (Phi) is 25.4. The maximum atomic E-state index is 13.9. The minimum absolute atomic E-state index is 0.0496. The van der Waals surface area contributed by atoms with Crippen LogP contribution in [0.15, 0.2) is 73.1 Å². The lowest BCUT2D eigenvalue weighted by atomic mass is 9.89. The first-order valence-corrected chi connectivity index (χ1v) is 30.7. The van der Waals surface area contributed by atoms with Crippen LogP contribution in [0.4, 0.5) is 0 Å². The molecule has 4 aromatic rings. The maximum Gasteiger partial charge on any atom is 0.338 e. The summed E-state index contributed by atoms with van der Waals surface area (Å²) >= 11 is 0. The van der Waals surface area contributed by atoms with E-state index in [1.54, 1.807) is 102 Å². The van der Waals surface area contributed by atoms with Crippen LogP contribution in [0, 0.1) is 23.7 Å². The molecule has 0 unspecified atom stereocenters. The van der Waals surface area contributed by atoms with Crippen LogP contribution < -0.4 is 0 Å². The Hall–Kier alpha value is -8.37. The molecule has 4 saturated heterocycles. The van der Waals surface area contributed by atoms with Crippen molar-refractivity contribution in [2.45, 2.75) is 194 Å². The number of benzene rings is 2. The number of hydrogen-bond donors (Lipinski definition) is 0. The lowest BCUT2D eigenvalue weighted by Crippen LogP contribution is -2.64. The van der Waals surface area contributed by atoms with E-state index in [-0.39, 0.29) is 36.6 Å². The number of carbonyl (C=O) groups is 9. The number of esters is 9. The van der Waals surface area contributed by atoms with E-state index in [9.17, 15) is 43.2 Å². The van der Waals surface area contributed by atoms with Crippen molar-refractivity contribution in [3.63, 3.8) is 0 Å². The number of rotatable bonds is 26. The average molecular weight is 1340 g/mol. The Bertz CT molecular complexity index is 3280. The summed E-state index contributed by atoms with van der Waals surface area (Å²) in [5.41, 5.74) is 1.18. The molecular formula is C63H80N6O26.